The molecule has 0 aromatic rings. The van der Waals surface area contributed by atoms with Crippen molar-refractivity contribution in [1.29, 1.82) is 0 Å². The first-order chi connectivity index (χ1) is 8.90. The minimum atomic E-state index is -4.16. The van der Waals surface area contributed by atoms with E-state index in [0.717, 1.165) is 0 Å². The molecule has 1 aliphatic rings. The summed E-state index contributed by atoms with van der Waals surface area (Å²) in [6.45, 7) is 0.901. The molecule has 112 valence electrons. The van der Waals surface area contributed by atoms with Crippen LogP contribution < -0.4 is 11.1 Å². The van der Waals surface area contributed by atoms with Gasteiger partial charge in [-0.05, 0) is 18.9 Å². The highest BCUT2D eigenvalue weighted by Gasteiger charge is 2.34. The molecule has 8 heteroatoms. The third-order valence-corrected chi connectivity index (χ3v) is 2.86. The Morgan fingerprint density at radius 2 is 2.21 bits per heavy atom. The number of hydrogen-bond donors (Lipinski definition) is 2. The van der Waals surface area contributed by atoms with Crippen LogP contribution in [0, 0.1) is 5.92 Å². The minimum absolute atomic E-state index is 0.0593. The summed E-state index contributed by atoms with van der Waals surface area (Å²) in [6.07, 6.45) is -3.49. The summed E-state index contributed by atoms with van der Waals surface area (Å²) in [5, 5.41) is 2.65. The van der Waals surface area contributed by atoms with Crippen molar-refractivity contribution in [2.24, 2.45) is 11.7 Å². The molecule has 1 rings (SSSR count). The SMILES string of the molecule is NCCOCC(=O)NCC1CCN(CC(F)(F)F)C1. The third-order valence-electron chi connectivity index (χ3n) is 2.86. The topological polar surface area (TPSA) is 67.6 Å². The van der Waals surface area contributed by atoms with Gasteiger partial charge in [0.25, 0.3) is 0 Å². The van der Waals surface area contributed by atoms with Gasteiger partial charge in [0.15, 0.2) is 0 Å². The van der Waals surface area contributed by atoms with Crippen molar-refractivity contribution < 1.29 is 22.7 Å². The average molecular weight is 283 g/mol. The number of halogens is 3. The Morgan fingerprint density at radius 3 is 2.84 bits per heavy atom. The molecule has 0 spiro atoms. The number of likely N-dealkylation sites (tertiary alicyclic amines) is 1. The summed E-state index contributed by atoms with van der Waals surface area (Å²) in [5.41, 5.74) is 5.20. The van der Waals surface area contributed by atoms with Gasteiger partial charge in [0.05, 0.1) is 13.2 Å². The van der Waals surface area contributed by atoms with Gasteiger partial charge in [0, 0.05) is 19.6 Å². The zero-order chi connectivity index (χ0) is 14.3. The number of ether oxygens (including phenoxy) is 1. The van der Waals surface area contributed by atoms with Crippen LogP contribution in [0.1, 0.15) is 6.42 Å². The molecule has 1 atom stereocenters. The molecule has 1 amide bonds. The lowest BCUT2D eigenvalue weighted by molar-refractivity contribution is -0.143. The summed E-state index contributed by atoms with van der Waals surface area (Å²) >= 11 is 0. The van der Waals surface area contributed by atoms with Crippen molar-refractivity contribution >= 4 is 5.91 Å². The highest BCUT2D eigenvalue weighted by atomic mass is 19.4. The largest absolute Gasteiger partial charge is 0.401 e. The summed E-state index contributed by atoms with van der Waals surface area (Å²) in [6, 6.07) is 0. The minimum Gasteiger partial charge on any atom is -0.370 e. The number of carbonyl (C=O) groups is 1. The number of hydrogen-bond acceptors (Lipinski definition) is 4. The smallest absolute Gasteiger partial charge is 0.370 e. The van der Waals surface area contributed by atoms with Crippen molar-refractivity contribution in [1.82, 2.24) is 10.2 Å². The standard InChI is InChI=1S/C11H20F3N3O2/c12-11(13,14)8-17-3-1-9(6-17)5-16-10(18)7-19-4-2-15/h9H,1-8,15H2,(H,16,18). The van der Waals surface area contributed by atoms with Crippen LogP contribution in [0.4, 0.5) is 13.2 Å². The van der Waals surface area contributed by atoms with Crippen LogP contribution >= 0.6 is 0 Å². The van der Waals surface area contributed by atoms with Crippen molar-refractivity contribution in [2.75, 3.05) is 45.9 Å². The van der Waals surface area contributed by atoms with E-state index in [9.17, 15) is 18.0 Å². The van der Waals surface area contributed by atoms with E-state index in [2.05, 4.69) is 5.32 Å². The normalized spacial score (nSPS) is 20.7. The maximum Gasteiger partial charge on any atom is 0.401 e. The second-order valence-electron chi connectivity index (χ2n) is 4.65. The van der Waals surface area contributed by atoms with Crippen LogP contribution in [0.15, 0.2) is 0 Å². The molecular formula is C11H20F3N3O2. The molecule has 3 N–H and O–H groups in total. The predicted octanol–water partition coefficient (Wildman–Crippen LogP) is -0.0379. The summed E-state index contributed by atoms with van der Waals surface area (Å²) in [4.78, 5) is 12.7. The summed E-state index contributed by atoms with van der Waals surface area (Å²) in [5.74, 6) is -0.191. The van der Waals surface area contributed by atoms with Gasteiger partial charge in [0.2, 0.25) is 5.91 Å². The van der Waals surface area contributed by atoms with Crippen molar-refractivity contribution in [2.45, 2.75) is 12.6 Å². The Morgan fingerprint density at radius 1 is 1.47 bits per heavy atom. The maximum absolute atomic E-state index is 12.2. The lowest BCUT2D eigenvalue weighted by Gasteiger charge is -2.18. The van der Waals surface area contributed by atoms with Crippen molar-refractivity contribution in [3.8, 4) is 0 Å². The fourth-order valence-electron chi connectivity index (χ4n) is 2.03. The average Bonchev–Trinajstić information content (AvgIpc) is 2.72. The number of rotatable bonds is 7. The van der Waals surface area contributed by atoms with Gasteiger partial charge in [-0.25, -0.2) is 0 Å². The molecule has 0 aromatic carbocycles. The second-order valence-corrected chi connectivity index (χ2v) is 4.65. The van der Waals surface area contributed by atoms with E-state index in [1.165, 1.54) is 4.90 Å². The Bertz CT molecular complexity index is 287. The first-order valence-corrected chi connectivity index (χ1v) is 6.24. The van der Waals surface area contributed by atoms with Gasteiger partial charge >= 0.3 is 6.18 Å². The number of carbonyl (C=O) groups excluding carboxylic acids is 1. The Hall–Kier alpha value is -0.860. The van der Waals surface area contributed by atoms with Gasteiger partial charge in [0.1, 0.15) is 6.61 Å². The predicted molar refractivity (Wildman–Crippen MR) is 63.5 cm³/mol. The zero-order valence-corrected chi connectivity index (χ0v) is 10.7. The van der Waals surface area contributed by atoms with Gasteiger partial charge in [-0.3, -0.25) is 9.69 Å². The van der Waals surface area contributed by atoms with Crippen LogP contribution in [0.25, 0.3) is 0 Å². The zero-order valence-electron chi connectivity index (χ0n) is 10.7. The van der Waals surface area contributed by atoms with E-state index in [-0.39, 0.29) is 18.4 Å². The van der Waals surface area contributed by atoms with E-state index in [1.807, 2.05) is 0 Å². The van der Waals surface area contributed by atoms with Gasteiger partial charge in [-0.1, -0.05) is 0 Å². The number of amides is 1. The van der Waals surface area contributed by atoms with Gasteiger partial charge in [-0.2, -0.15) is 13.2 Å². The fraction of sp³-hybridized carbons (Fsp3) is 0.909. The highest BCUT2D eigenvalue weighted by Crippen LogP contribution is 2.22. The van der Waals surface area contributed by atoms with Gasteiger partial charge in [-0.15, -0.1) is 0 Å². The molecule has 0 saturated carbocycles. The molecule has 19 heavy (non-hydrogen) atoms. The molecule has 0 bridgehead atoms. The molecule has 1 aliphatic heterocycles. The molecule has 5 nitrogen and oxygen atoms in total. The van der Waals surface area contributed by atoms with Crippen molar-refractivity contribution in [3.05, 3.63) is 0 Å². The molecule has 1 fully saturated rings. The fourth-order valence-corrected chi connectivity index (χ4v) is 2.03. The number of alkyl halides is 3. The molecule has 1 saturated heterocycles. The molecule has 1 heterocycles. The monoisotopic (exact) mass is 283 g/mol. The van der Waals surface area contributed by atoms with Crippen LogP contribution in [0.2, 0.25) is 0 Å². The van der Waals surface area contributed by atoms with E-state index >= 15 is 0 Å². The summed E-state index contributed by atoms with van der Waals surface area (Å²) < 4.78 is 41.5. The lowest BCUT2D eigenvalue weighted by Crippen LogP contribution is -2.35. The first-order valence-electron chi connectivity index (χ1n) is 6.24. The first kappa shape index (κ1) is 16.2. The second kappa shape index (κ2) is 7.66. The third kappa shape index (κ3) is 7.34. The number of nitrogens with two attached hydrogens (primary N) is 1. The number of nitrogens with zero attached hydrogens (tertiary/aromatic N) is 1. The summed E-state index contributed by atoms with van der Waals surface area (Å²) in [7, 11) is 0. The van der Waals surface area contributed by atoms with E-state index in [4.69, 9.17) is 10.5 Å². The Balaban J connectivity index is 2.13. The van der Waals surface area contributed by atoms with E-state index < -0.39 is 12.7 Å². The lowest BCUT2D eigenvalue weighted by atomic mass is 10.1. The van der Waals surface area contributed by atoms with E-state index in [0.29, 0.717) is 39.2 Å². The van der Waals surface area contributed by atoms with Crippen LogP contribution in [0.5, 0.6) is 0 Å². The Labute approximate surface area is 110 Å². The van der Waals surface area contributed by atoms with Crippen LogP contribution in [-0.2, 0) is 9.53 Å². The molecule has 0 radical (unpaired) electrons. The highest BCUT2D eigenvalue weighted by molar-refractivity contribution is 5.77. The van der Waals surface area contributed by atoms with Crippen LogP contribution in [-0.4, -0.2) is 62.9 Å². The van der Waals surface area contributed by atoms with Gasteiger partial charge < -0.3 is 15.8 Å². The van der Waals surface area contributed by atoms with Crippen molar-refractivity contribution in [3.63, 3.8) is 0 Å². The number of nitrogens with one attached hydrogen (secondary N) is 1. The molecule has 0 aliphatic carbocycles. The molecule has 0 aromatic heterocycles. The van der Waals surface area contributed by atoms with E-state index in [1.54, 1.807) is 0 Å². The molecular weight excluding hydrogens is 263 g/mol. The van der Waals surface area contributed by atoms with Crippen LogP contribution in [0.3, 0.4) is 0 Å². The quantitative estimate of drug-likeness (QED) is 0.644. The molecule has 1 unspecified atom stereocenters. The Kier molecular flexibility index (Phi) is 6.53. The maximum atomic E-state index is 12.2.